The van der Waals surface area contributed by atoms with Crippen molar-refractivity contribution >= 4 is 11.9 Å². The smallest absolute Gasteiger partial charge is 0.327 e. The van der Waals surface area contributed by atoms with E-state index in [1.165, 1.54) is 9.80 Å². The zero-order chi connectivity index (χ0) is 9.30. The molecule has 1 heterocycles. The lowest BCUT2D eigenvalue weighted by molar-refractivity contribution is -0.127. The summed E-state index contributed by atoms with van der Waals surface area (Å²) < 4.78 is 0. The Morgan fingerprint density at radius 2 is 2.08 bits per heavy atom. The van der Waals surface area contributed by atoms with Crippen LogP contribution in [0.5, 0.6) is 0 Å². The van der Waals surface area contributed by atoms with E-state index in [0.717, 1.165) is 0 Å². The lowest BCUT2D eigenvalue weighted by atomic mass is 10.3. The topological polar surface area (TPSA) is 66.6 Å². The first-order chi connectivity index (χ1) is 5.59. The Bertz CT molecular complexity index is 197. The van der Waals surface area contributed by atoms with Gasteiger partial charge in [0.05, 0.1) is 0 Å². The van der Waals surface area contributed by atoms with Crippen LogP contribution in [0.3, 0.4) is 0 Å². The lowest BCUT2D eigenvalue weighted by Gasteiger charge is -2.12. The van der Waals surface area contributed by atoms with E-state index in [-0.39, 0.29) is 18.0 Å². The Kier molecular flexibility index (Phi) is 2.32. The first-order valence-corrected chi connectivity index (χ1v) is 3.87. The van der Waals surface area contributed by atoms with E-state index in [1.807, 2.05) is 0 Å². The third-order valence-corrected chi connectivity index (χ3v) is 2.09. The van der Waals surface area contributed by atoms with Gasteiger partial charge >= 0.3 is 6.03 Å². The molecule has 3 amide bonds. The lowest BCUT2D eigenvalue weighted by Crippen LogP contribution is -2.35. The fourth-order valence-electron chi connectivity index (χ4n) is 1.18. The maximum absolute atomic E-state index is 11.3. The molecule has 68 valence electrons. The first-order valence-electron chi connectivity index (χ1n) is 3.87. The molecule has 1 aliphatic rings. The number of nitrogens with two attached hydrogens (primary N) is 1. The summed E-state index contributed by atoms with van der Waals surface area (Å²) in [6.45, 7) is 2.33. The Hall–Kier alpha value is -1.10. The number of carbonyl (C=O) groups is 2. The molecule has 1 atom stereocenters. The second-order valence-electron chi connectivity index (χ2n) is 2.85. The van der Waals surface area contributed by atoms with Gasteiger partial charge in [-0.3, -0.25) is 9.69 Å². The van der Waals surface area contributed by atoms with Crippen molar-refractivity contribution < 1.29 is 9.59 Å². The molecule has 0 spiro atoms. The van der Waals surface area contributed by atoms with Gasteiger partial charge in [-0.15, -0.1) is 0 Å². The van der Waals surface area contributed by atoms with Crippen molar-refractivity contribution in [2.75, 3.05) is 20.1 Å². The number of rotatable bonds is 2. The molecule has 0 aromatic carbocycles. The summed E-state index contributed by atoms with van der Waals surface area (Å²) in [6.07, 6.45) is 0. The highest BCUT2D eigenvalue weighted by molar-refractivity contribution is 6.03. The number of imide groups is 1. The number of nitrogens with zero attached hydrogens (tertiary/aromatic N) is 2. The molecule has 0 aromatic rings. The van der Waals surface area contributed by atoms with Crippen LogP contribution >= 0.6 is 0 Å². The van der Waals surface area contributed by atoms with Crippen molar-refractivity contribution in [1.82, 2.24) is 9.80 Å². The number of hydrogen-bond acceptors (Lipinski definition) is 3. The second kappa shape index (κ2) is 3.10. The van der Waals surface area contributed by atoms with Gasteiger partial charge in [0.1, 0.15) is 6.04 Å². The number of amides is 3. The summed E-state index contributed by atoms with van der Waals surface area (Å²) in [4.78, 5) is 25.2. The van der Waals surface area contributed by atoms with Crippen LogP contribution in [0.4, 0.5) is 4.79 Å². The van der Waals surface area contributed by atoms with E-state index in [4.69, 9.17) is 5.73 Å². The molecule has 0 saturated carbocycles. The van der Waals surface area contributed by atoms with E-state index >= 15 is 0 Å². The minimum Gasteiger partial charge on any atom is -0.329 e. The minimum atomic E-state index is -0.343. The predicted molar refractivity (Wildman–Crippen MR) is 43.4 cm³/mol. The number of likely N-dealkylation sites (N-methyl/N-ethyl adjacent to an activating group) is 1. The molecule has 5 nitrogen and oxygen atoms in total. The molecule has 0 aliphatic carbocycles. The predicted octanol–water partition coefficient (Wildman–Crippen LogP) is -0.772. The van der Waals surface area contributed by atoms with Gasteiger partial charge in [0.2, 0.25) is 0 Å². The molecule has 1 unspecified atom stereocenters. The van der Waals surface area contributed by atoms with Gasteiger partial charge in [0.15, 0.2) is 0 Å². The summed E-state index contributed by atoms with van der Waals surface area (Å²) in [7, 11) is 1.61. The summed E-state index contributed by atoms with van der Waals surface area (Å²) in [5.74, 6) is -0.159. The zero-order valence-corrected chi connectivity index (χ0v) is 7.28. The Labute approximate surface area is 71.1 Å². The largest absolute Gasteiger partial charge is 0.329 e. The van der Waals surface area contributed by atoms with Crippen molar-refractivity contribution in [3.05, 3.63) is 0 Å². The molecule has 2 N–H and O–H groups in total. The van der Waals surface area contributed by atoms with Crippen molar-refractivity contribution in [2.45, 2.75) is 13.0 Å². The quantitative estimate of drug-likeness (QED) is 0.555. The summed E-state index contributed by atoms with van der Waals surface area (Å²) in [5.41, 5.74) is 5.26. The normalized spacial score (nSPS) is 24.1. The number of urea groups is 1. The third-order valence-electron chi connectivity index (χ3n) is 2.09. The summed E-state index contributed by atoms with van der Waals surface area (Å²) >= 11 is 0. The van der Waals surface area contributed by atoms with Crippen LogP contribution in [0.15, 0.2) is 0 Å². The van der Waals surface area contributed by atoms with Crippen LogP contribution < -0.4 is 5.73 Å². The molecule has 0 radical (unpaired) electrons. The second-order valence-corrected chi connectivity index (χ2v) is 2.85. The first kappa shape index (κ1) is 8.99. The van der Waals surface area contributed by atoms with Gasteiger partial charge < -0.3 is 10.6 Å². The fourth-order valence-corrected chi connectivity index (χ4v) is 1.18. The van der Waals surface area contributed by atoms with Crippen LogP contribution in [0.1, 0.15) is 6.92 Å². The highest BCUT2D eigenvalue weighted by Crippen LogP contribution is 2.13. The molecule has 1 saturated heterocycles. The molecule has 12 heavy (non-hydrogen) atoms. The van der Waals surface area contributed by atoms with Gasteiger partial charge in [-0.1, -0.05) is 0 Å². The van der Waals surface area contributed by atoms with Crippen molar-refractivity contribution in [2.24, 2.45) is 5.73 Å². The fraction of sp³-hybridized carbons (Fsp3) is 0.714. The maximum atomic E-state index is 11.3. The number of hydrogen-bond donors (Lipinski definition) is 1. The van der Waals surface area contributed by atoms with E-state index in [2.05, 4.69) is 0 Å². The zero-order valence-electron chi connectivity index (χ0n) is 7.28. The van der Waals surface area contributed by atoms with Crippen LogP contribution in [0.2, 0.25) is 0 Å². The van der Waals surface area contributed by atoms with E-state index in [0.29, 0.717) is 13.1 Å². The van der Waals surface area contributed by atoms with Gasteiger partial charge in [0, 0.05) is 20.1 Å². The van der Waals surface area contributed by atoms with Gasteiger partial charge in [-0.2, -0.15) is 0 Å². The van der Waals surface area contributed by atoms with Gasteiger partial charge in [-0.05, 0) is 6.92 Å². The Morgan fingerprint density at radius 3 is 2.42 bits per heavy atom. The van der Waals surface area contributed by atoms with E-state index < -0.39 is 0 Å². The average molecular weight is 171 g/mol. The standard InChI is InChI=1S/C7H13N3O2/c1-5-6(11)10(4-3-8)7(12)9(5)2/h5H,3-4,8H2,1-2H3. The SMILES string of the molecule is CC1C(=O)N(CCN)C(=O)N1C. The Balaban J connectivity index is 2.76. The van der Waals surface area contributed by atoms with E-state index in [1.54, 1.807) is 14.0 Å². The number of carbonyl (C=O) groups excluding carboxylic acids is 2. The molecular weight excluding hydrogens is 158 g/mol. The molecular formula is C7H13N3O2. The third kappa shape index (κ3) is 1.16. The monoisotopic (exact) mass is 171 g/mol. The van der Waals surface area contributed by atoms with Crippen molar-refractivity contribution in [1.29, 1.82) is 0 Å². The molecule has 0 bridgehead atoms. The van der Waals surface area contributed by atoms with Crippen molar-refractivity contribution in [3.8, 4) is 0 Å². The van der Waals surface area contributed by atoms with Gasteiger partial charge in [0.25, 0.3) is 5.91 Å². The van der Waals surface area contributed by atoms with Crippen LogP contribution in [-0.4, -0.2) is 47.9 Å². The summed E-state index contributed by atoms with van der Waals surface area (Å²) in [5, 5.41) is 0. The molecule has 5 heteroatoms. The molecule has 1 rings (SSSR count). The highest BCUT2D eigenvalue weighted by Gasteiger charge is 2.39. The van der Waals surface area contributed by atoms with Crippen molar-refractivity contribution in [3.63, 3.8) is 0 Å². The van der Waals surface area contributed by atoms with Crippen LogP contribution in [0.25, 0.3) is 0 Å². The molecule has 1 aliphatic heterocycles. The van der Waals surface area contributed by atoms with Crippen LogP contribution in [0, 0.1) is 0 Å². The molecule has 0 aromatic heterocycles. The summed E-state index contributed by atoms with van der Waals surface area (Å²) in [6, 6.07) is -0.595. The van der Waals surface area contributed by atoms with E-state index in [9.17, 15) is 9.59 Å². The maximum Gasteiger partial charge on any atom is 0.327 e. The highest BCUT2D eigenvalue weighted by atomic mass is 16.2. The average Bonchev–Trinajstić information content (AvgIpc) is 2.23. The Morgan fingerprint density at radius 1 is 1.50 bits per heavy atom. The minimum absolute atomic E-state index is 0.159. The molecule has 1 fully saturated rings. The van der Waals surface area contributed by atoms with Gasteiger partial charge in [-0.25, -0.2) is 4.79 Å². The van der Waals surface area contributed by atoms with Crippen LogP contribution in [-0.2, 0) is 4.79 Å².